The summed E-state index contributed by atoms with van der Waals surface area (Å²) in [6.07, 6.45) is 2.22. The normalized spacial score (nSPS) is 11.4. The minimum absolute atomic E-state index is 0.0784. The summed E-state index contributed by atoms with van der Waals surface area (Å²) in [7, 11) is 1.79. The summed E-state index contributed by atoms with van der Waals surface area (Å²) in [6, 6.07) is 13.7. The van der Waals surface area contributed by atoms with E-state index in [1.807, 2.05) is 30.3 Å². The monoisotopic (exact) mass is 441 g/mol. The number of nitrogens with zero attached hydrogens (tertiary/aromatic N) is 3. The first-order valence-electron chi connectivity index (χ1n) is 9.87. The van der Waals surface area contributed by atoms with Gasteiger partial charge in [-0.05, 0) is 43.8 Å². The van der Waals surface area contributed by atoms with Crippen LogP contribution in [0.1, 0.15) is 12.0 Å². The minimum atomic E-state index is -1.20. The highest BCUT2D eigenvalue weighted by atomic mass is 19.2. The number of benzene rings is 2. The molecule has 32 heavy (non-hydrogen) atoms. The van der Waals surface area contributed by atoms with Gasteiger partial charge in [0.2, 0.25) is 5.82 Å². The molecular weight excluding hydrogens is 416 g/mol. The summed E-state index contributed by atoms with van der Waals surface area (Å²) >= 11 is 0. The van der Waals surface area contributed by atoms with E-state index < -0.39 is 11.6 Å². The number of rotatable bonds is 8. The fourth-order valence-electron chi connectivity index (χ4n) is 3.07. The Labute approximate surface area is 184 Å². The molecule has 0 amide bonds. The van der Waals surface area contributed by atoms with E-state index in [2.05, 4.69) is 15.4 Å². The van der Waals surface area contributed by atoms with Crippen molar-refractivity contribution >= 4 is 17.3 Å². The van der Waals surface area contributed by atoms with E-state index in [1.54, 1.807) is 19.3 Å². The minimum Gasteiger partial charge on any atom is -0.490 e. The Hall–Kier alpha value is -3.76. The lowest BCUT2D eigenvalue weighted by atomic mass is 10.0. The van der Waals surface area contributed by atoms with Gasteiger partial charge in [0, 0.05) is 11.8 Å². The highest BCUT2D eigenvalue weighted by Crippen LogP contribution is 2.30. The maximum absolute atomic E-state index is 14.8. The summed E-state index contributed by atoms with van der Waals surface area (Å²) < 4.78 is 34.7. The van der Waals surface area contributed by atoms with Crippen molar-refractivity contribution in [3.8, 4) is 16.9 Å². The third kappa shape index (κ3) is 4.93. The largest absolute Gasteiger partial charge is 0.490 e. The molecule has 0 fully saturated rings. The topological polar surface area (TPSA) is 128 Å². The molecule has 168 valence electrons. The van der Waals surface area contributed by atoms with Crippen molar-refractivity contribution in [1.82, 2.24) is 10.3 Å². The van der Waals surface area contributed by atoms with Crippen molar-refractivity contribution in [2.24, 2.45) is 16.8 Å². The molecule has 0 radical (unpaired) electrons. The predicted octanol–water partition coefficient (Wildman–Crippen LogP) is 2.60. The molecule has 0 bridgehead atoms. The number of halogens is 2. The smallest absolute Gasteiger partial charge is 0.202 e. The van der Waals surface area contributed by atoms with Crippen molar-refractivity contribution in [1.29, 1.82) is 0 Å². The summed E-state index contributed by atoms with van der Waals surface area (Å²) in [4.78, 5) is 4.17. The van der Waals surface area contributed by atoms with Crippen molar-refractivity contribution in [3.63, 3.8) is 0 Å². The molecule has 0 aliphatic carbocycles. The molecule has 3 rings (SSSR count). The molecule has 0 atom stereocenters. The number of nitrogens with one attached hydrogen (secondary N) is 1. The molecule has 10 heteroatoms. The van der Waals surface area contributed by atoms with Crippen LogP contribution in [-0.4, -0.2) is 31.0 Å². The van der Waals surface area contributed by atoms with Crippen LogP contribution in [0.15, 0.2) is 59.8 Å². The second kappa shape index (κ2) is 10.5. The molecule has 3 aromatic rings. The zero-order valence-electron chi connectivity index (χ0n) is 17.6. The van der Waals surface area contributed by atoms with E-state index in [4.69, 9.17) is 22.2 Å². The zero-order valence-corrected chi connectivity index (χ0v) is 17.6. The highest BCUT2D eigenvalue weighted by Gasteiger charge is 2.23. The molecule has 0 saturated heterocycles. The molecule has 7 N–H and O–H groups in total. The number of pyridine rings is 1. The van der Waals surface area contributed by atoms with Gasteiger partial charge in [-0.15, -0.1) is 0 Å². The first-order chi connectivity index (χ1) is 15.5. The van der Waals surface area contributed by atoms with E-state index >= 15 is 0 Å². The second-order valence-corrected chi connectivity index (χ2v) is 6.86. The molecule has 1 heterocycles. The second-order valence-electron chi connectivity index (χ2n) is 6.86. The first kappa shape index (κ1) is 22.9. The van der Waals surface area contributed by atoms with Crippen LogP contribution in [-0.2, 0) is 0 Å². The fraction of sp³-hybridized carbons (Fsp3) is 0.182. The van der Waals surface area contributed by atoms with Gasteiger partial charge in [-0.25, -0.2) is 15.2 Å². The SMILES string of the molecule is CNCCCOc1ccc(N(N)/C(=N\N)c2cc(-c3ccccc3)cnc2N)c(F)c1F. The molecular formula is C22H25F2N7O. The van der Waals surface area contributed by atoms with Crippen LogP contribution >= 0.6 is 0 Å². The summed E-state index contributed by atoms with van der Waals surface area (Å²) in [5, 5.41) is 7.43. The number of amidine groups is 1. The van der Waals surface area contributed by atoms with Gasteiger partial charge < -0.3 is 21.6 Å². The van der Waals surface area contributed by atoms with Gasteiger partial charge in [-0.3, -0.25) is 5.01 Å². The Bertz CT molecular complexity index is 1090. The third-order valence-corrected chi connectivity index (χ3v) is 4.73. The summed E-state index contributed by atoms with van der Waals surface area (Å²) in [5.74, 6) is 9.04. The van der Waals surface area contributed by atoms with Gasteiger partial charge >= 0.3 is 0 Å². The average molecular weight is 441 g/mol. The van der Waals surface area contributed by atoms with Crippen LogP contribution < -0.4 is 32.5 Å². The number of hydrogen-bond acceptors (Lipinski definition) is 7. The Balaban J connectivity index is 1.91. The molecule has 0 aliphatic rings. The van der Waals surface area contributed by atoms with E-state index in [0.29, 0.717) is 13.0 Å². The van der Waals surface area contributed by atoms with E-state index in [1.165, 1.54) is 12.1 Å². The average Bonchev–Trinajstić information content (AvgIpc) is 2.81. The molecule has 0 unspecified atom stereocenters. The van der Waals surface area contributed by atoms with Crippen LogP contribution in [0, 0.1) is 11.6 Å². The quantitative estimate of drug-likeness (QED) is 0.139. The van der Waals surface area contributed by atoms with Gasteiger partial charge in [0.15, 0.2) is 17.4 Å². The Morgan fingerprint density at radius 1 is 1.12 bits per heavy atom. The number of hydrazone groups is 1. The van der Waals surface area contributed by atoms with Crippen molar-refractivity contribution < 1.29 is 13.5 Å². The van der Waals surface area contributed by atoms with Crippen LogP contribution in [0.5, 0.6) is 5.75 Å². The maximum atomic E-state index is 14.8. The van der Waals surface area contributed by atoms with Gasteiger partial charge in [-0.2, -0.15) is 9.49 Å². The summed E-state index contributed by atoms with van der Waals surface area (Å²) in [6.45, 7) is 0.916. The number of ether oxygens (including phenoxy) is 1. The standard InChI is InChI=1S/C22H25F2N7O/c1-28-10-5-11-32-18-9-8-17(19(23)20(18)24)31(27)22(30-26)16-12-15(13-29-21(16)25)14-6-3-2-4-7-14/h2-4,6-9,12-13,28H,5,10-11,26-27H2,1H3,(H2,25,29)/b30-22-. The number of hydrazine groups is 1. The lowest BCUT2D eigenvalue weighted by Gasteiger charge is -2.22. The molecule has 0 spiro atoms. The lowest BCUT2D eigenvalue weighted by Crippen LogP contribution is -2.40. The number of hydrogen-bond donors (Lipinski definition) is 4. The molecule has 2 aromatic carbocycles. The number of nitrogen functional groups attached to an aromatic ring is 1. The Morgan fingerprint density at radius 3 is 2.56 bits per heavy atom. The number of aromatic nitrogens is 1. The van der Waals surface area contributed by atoms with Crippen LogP contribution in [0.4, 0.5) is 20.3 Å². The predicted molar refractivity (Wildman–Crippen MR) is 122 cm³/mol. The van der Waals surface area contributed by atoms with Gasteiger partial charge in [0.1, 0.15) is 5.82 Å². The highest BCUT2D eigenvalue weighted by molar-refractivity contribution is 6.12. The molecule has 1 aromatic heterocycles. The van der Waals surface area contributed by atoms with Gasteiger partial charge in [0.05, 0.1) is 17.9 Å². The fourth-order valence-corrected chi connectivity index (χ4v) is 3.07. The third-order valence-electron chi connectivity index (χ3n) is 4.73. The number of anilines is 2. The van der Waals surface area contributed by atoms with Crippen LogP contribution in [0.2, 0.25) is 0 Å². The van der Waals surface area contributed by atoms with E-state index in [0.717, 1.165) is 16.1 Å². The Morgan fingerprint density at radius 2 is 1.88 bits per heavy atom. The lowest BCUT2D eigenvalue weighted by molar-refractivity contribution is 0.289. The van der Waals surface area contributed by atoms with Gasteiger partial charge in [-0.1, -0.05) is 30.3 Å². The number of nitrogens with two attached hydrogens (primary N) is 3. The van der Waals surface area contributed by atoms with Gasteiger partial charge in [0.25, 0.3) is 0 Å². The van der Waals surface area contributed by atoms with Crippen molar-refractivity contribution in [3.05, 3.63) is 71.9 Å². The van der Waals surface area contributed by atoms with Crippen LogP contribution in [0.3, 0.4) is 0 Å². The molecule has 0 saturated carbocycles. The molecule has 8 nitrogen and oxygen atoms in total. The van der Waals surface area contributed by atoms with E-state index in [9.17, 15) is 8.78 Å². The maximum Gasteiger partial charge on any atom is 0.202 e. The first-order valence-corrected chi connectivity index (χ1v) is 9.87. The van der Waals surface area contributed by atoms with E-state index in [-0.39, 0.29) is 35.3 Å². The van der Waals surface area contributed by atoms with Crippen molar-refractivity contribution in [2.75, 3.05) is 30.9 Å². The van der Waals surface area contributed by atoms with Crippen LogP contribution in [0.25, 0.3) is 11.1 Å². The Kier molecular flexibility index (Phi) is 7.53. The molecule has 0 aliphatic heterocycles. The summed E-state index contributed by atoms with van der Waals surface area (Å²) in [5.41, 5.74) is 7.58. The van der Waals surface area contributed by atoms with Crippen molar-refractivity contribution in [2.45, 2.75) is 6.42 Å². The zero-order chi connectivity index (χ0) is 23.1.